The molecule has 0 saturated heterocycles. The van der Waals surface area contributed by atoms with Crippen molar-refractivity contribution in [1.82, 2.24) is 20.1 Å². The molecule has 3 aromatic heterocycles. The molecule has 3 heterocycles. The molecule has 0 amide bonds. The van der Waals surface area contributed by atoms with Crippen molar-refractivity contribution in [3.8, 4) is 11.3 Å². The van der Waals surface area contributed by atoms with Crippen molar-refractivity contribution in [1.29, 1.82) is 0 Å². The number of rotatable bonds is 7. The van der Waals surface area contributed by atoms with Crippen LogP contribution in [0.15, 0.2) is 53.2 Å². The number of hydrogen-bond donors (Lipinski definition) is 2. The van der Waals surface area contributed by atoms with Gasteiger partial charge in [-0.15, -0.1) is 0 Å². The van der Waals surface area contributed by atoms with Gasteiger partial charge in [-0.05, 0) is 50.1 Å². The van der Waals surface area contributed by atoms with E-state index in [0.717, 1.165) is 17.5 Å². The second-order valence-electron chi connectivity index (χ2n) is 7.87. The van der Waals surface area contributed by atoms with Crippen LogP contribution in [0.2, 0.25) is 5.02 Å². The van der Waals surface area contributed by atoms with Crippen LogP contribution >= 0.6 is 11.6 Å². The summed E-state index contributed by atoms with van der Waals surface area (Å²) in [4.78, 5) is 24.4. The third-order valence-electron chi connectivity index (χ3n) is 5.52. The Labute approximate surface area is 200 Å². The van der Waals surface area contributed by atoms with Crippen LogP contribution in [-0.4, -0.2) is 39.2 Å². The van der Waals surface area contributed by atoms with Crippen LogP contribution in [0, 0.1) is 6.92 Å². The summed E-state index contributed by atoms with van der Waals surface area (Å²) in [5.74, 6) is -0.252. The zero-order valence-electron chi connectivity index (χ0n) is 18.7. The van der Waals surface area contributed by atoms with E-state index in [-0.39, 0.29) is 18.1 Å². The van der Waals surface area contributed by atoms with Gasteiger partial charge in [0.2, 0.25) is 5.82 Å². The number of nitrogens with zero attached hydrogens (tertiary/aromatic N) is 3. The van der Waals surface area contributed by atoms with E-state index >= 15 is 0 Å². The summed E-state index contributed by atoms with van der Waals surface area (Å²) in [5, 5.41) is 9.94. The van der Waals surface area contributed by atoms with E-state index in [1.54, 1.807) is 19.1 Å². The number of ether oxygens (including phenoxy) is 1. The van der Waals surface area contributed by atoms with Crippen LogP contribution in [0.25, 0.3) is 33.3 Å². The fraction of sp³-hybridized carbons (Fsp3) is 0.200. The average molecular weight is 476 g/mol. The molecule has 0 unspecified atom stereocenters. The van der Waals surface area contributed by atoms with E-state index in [1.165, 1.54) is 16.5 Å². The summed E-state index contributed by atoms with van der Waals surface area (Å²) >= 11 is 6.04. The highest BCUT2D eigenvalue weighted by Gasteiger charge is 2.22. The summed E-state index contributed by atoms with van der Waals surface area (Å²) in [6.07, 6.45) is 2.76. The number of aromatic nitrogens is 4. The second kappa shape index (κ2) is 9.15. The summed E-state index contributed by atoms with van der Waals surface area (Å²) < 4.78 is 10.6. The molecule has 9 heteroatoms. The fourth-order valence-electron chi connectivity index (χ4n) is 3.89. The number of anilines is 1. The predicted molar refractivity (Wildman–Crippen MR) is 131 cm³/mol. The fourth-order valence-corrected chi connectivity index (χ4v) is 4.01. The first-order chi connectivity index (χ1) is 16.5. The van der Waals surface area contributed by atoms with Crippen LogP contribution in [0.5, 0.6) is 0 Å². The average Bonchev–Trinajstić information content (AvgIpc) is 3.44. The molecule has 5 aromatic rings. The maximum Gasteiger partial charge on any atom is 0.376 e. The lowest BCUT2D eigenvalue weighted by molar-refractivity contribution is 0.0512. The topological polar surface area (TPSA) is 106 Å². The minimum atomic E-state index is -0.621. The predicted octanol–water partition coefficient (Wildman–Crippen LogP) is 5.56. The van der Waals surface area contributed by atoms with Gasteiger partial charge in [0.05, 0.1) is 6.61 Å². The Kier molecular flexibility index (Phi) is 5.90. The molecular weight excluding hydrogens is 454 g/mol. The lowest BCUT2D eigenvalue weighted by Gasteiger charge is -2.09. The zero-order valence-corrected chi connectivity index (χ0v) is 19.4. The molecule has 5 rings (SSSR count). The Morgan fingerprint density at radius 2 is 2.00 bits per heavy atom. The van der Waals surface area contributed by atoms with Crippen LogP contribution in [0.3, 0.4) is 0 Å². The maximum absolute atomic E-state index is 12.3. The third-order valence-corrected chi connectivity index (χ3v) is 5.77. The molecule has 0 saturated carbocycles. The number of H-pyrrole nitrogens is 1. The molecule has 8 nitrogen and oxygen atoms in total. The molecule has 0 aliphatic rings. The van der Waals surface area contributed by atoms with E-state index in [2.05, 4.69) is 50.5 Å². The number of halogens is 1. The molecule has 0 radical (unpaired) electrons. The van der Waals surface area contributed by atoms with Crippen molar-refractivity contribution >= 4 is 45.4 Å². The van der Waals surface area contributed by atoms with E-state index in [9.17, 15) is 4.79 Å². The van der Waals surface area contributed by atoms with Gasteiger partial charge < -0.3 is 19.6 Å². The van der Waals surface area contributed by atoms with Crippen molar-refractivity contribution in [2.45, 2.75) is 20.3 Å². The Morgan fingerprint density at radius 1 is 1.18 bits per heavy atom. The van der Waals surface area contributed by atoms with Crippen molar-refractivity contribution in [2.75, 3.05) is 18.5 Å². The Morgan fingerprint density at radius 3 is 2.79 bits per heavy atom. The molecule has 2 N–H and O–H groups in total. The molecule has 172 valence electrons. The number of aromatic amines is 1. The van der Waals surface area contributed by atoms with Crippen LogP contribution in [0.1, 0.15) is 28.7 Å². The summed E-state index contributed by atoms with van der Waals surface area (Å²) in [6, 6.07) is 13.6. The molecule has 0 bridgehead atoms. The lowest BCUT2D eigenvalue weighted by atomic mass is 10.1. The van der Waals surface area contributed by atoms with Gasteiger partial charge in [0.15, 0.2) is 0 Å². The Balaban J connectivity index is 1.50. The van der Waals surface area contributed by atoms with Gasteiger partial charge in [-0.25, -0.2) is 9.78 Å². The minimum Gasteiger partial charge on any atom is -0.460 e. The molecule has 0 spiro atoms. The van der Waals surface area contributed by atoms with Crippen molar-refractivity contribution in [3.63, 3.8) is 0 Å². The quantitative estimate of drug-likeness (QED) is 0.297. The van der Waals surface area contributed by atoms with Gasteiger partial charge in [-0.3, -0.25) is 0 Å². The minimum absolute atomic E-state index is 0.0848. The lowest BCUT2D eigenvalue weighted by Crippen LogP contribution is -2.13. The number of fused-ring (bicyclic) bond motifs is 2. The van der Waals surface area contributed by atoms with Gasteiger partial charge in [-0.1, -0.05) is 40.5 Å². The molecule has 0 fully saturated rings. The molecule has 0 aliphatic carbocycles. The second-order valence-corrected chi connectivity index (χ2v) is 8.31. The molecular formula is C25H22ClN5O3. The maximum atomic E-state index is 12.3. The first-order valence-corrected chi connectivity index (χ1v) is 11.3. The van der Waals surface area contributed by atoms with Crippen LogP contribution in [-0.2, 0) is 11.2 Å². The Bertz CT molecular complexity index is 1490. The standard InChI is InChI=1S/C25H22ClN5O3/c1-3-33-25(32)23-29-22(27-11-10-16-13-28-19-9-4-14(2)12-18(16)19)20-21(31-34-24(20)30-23)15-5-7-17(26)8-6-15/h4-9,12-13,28H,3,10-11H2,1-2H3,(H,27,29,30). The summed E-state index contributed by atoms with van der Waals surface area (Å²) in [6.45, 7) is 4.59. The summed E-state index contributed by atoms with van der Waals surface area (Å²) in [5.41, 5.74) is 5.05. The number of carbonyl (C=O) groups excluding carboxylic acids is 1. The van der Waals surface area contributed by atoms with Crippen molar-refractivity contribution in [3.05, 3.63) is 70.6 Å². The number of benzene rings is 2. The molecule has 34 heavy (non-hydrogen) atoms. The van der Waals surface area contributed by atoms with E-state index in [0.29, 0.717) is 28.5 Å². The van der Waals surface area contributed by atoms with E-state index < -0.39 is 5.97 Å². The van der Waals surface area contributed by atoms with Gasteiger partial charge >= 0.3 is 5.97 Å². The summed E-state index contributed by atoms with van der Waals surface area (Å²) in [7, 11) is 0. The Hall–Kier alpha value is -3.91. The van der Waals surface area contributed by atoms with Gasteiger partial charge in [0, 0.05) is 34.2 Å². The highest BCUT2D eigenvalue weighted by Crippen LogP contribution is 2.32. The van der Waals surface area contributed by atoms with Crippen molar-refractivity contribution in [2.24, 2.45) is 0 Å². The number of nitrogens with one attached hydrogen (secondary N) is 2. The monoisotopic (exact) mass is 475 g/mol. The smallest absolute Gasteiger partial charge is 0.376 e. The first kappa shape index (κ1) is 21.9. The van der Waals surface area contributed by atoms with E-state index in [1.807, 2.05) is 18.3 Å². The third kappa shape index (κ3) is 4.20. The number of esters is 1. The first-order valence-electron chi connectivity index (χ1n) is 10.9. The number of carbonyl (C=O) groups is 1. The highest BCUT2D eigenvalue weighted by molar-refractivity contribution is 6.30. The largest absolute Gasteiger partial charge is 0.460 e. The van der Waals surface area contributed by atoms with E-state index in [4.69, 9.17) is 20.9 Å². The van der Waals surface area contributed by atoms with Crippen molar-refractivity contribution < 1.29 is 14.1 Å². The normalized spacial score (nSPS) is 11.3. The van der Waals surface area contributed by atoms with Crippen LogP contribution in [0.4, 0.5) is 5.82 Å². The van der Waals surface area contributed by atoms with Gasteiger partial charge in [0.25, 0.3) is 5.71 Å². The number of aryl methyl sites for hydroxylation is 1. The van der Waals surface area contributed by atoms with Crippen LogP contribution < -0.4 is 5.32 Å². The zero-order chi connectivity index (χ0) is 23.7. The van der Waals surface area contributed by atoms with Gasteiger partial charge in [-0.2, -0.15) is 4.98 Å². The molecule has 0 aliphatic heterocycles. The number of hydrogen-bond acceptors (Lipinski definition) is 7. The SMILES string of the molecule is CCOC(=O)c1nc(NCCc2c[nH]c3ccc(C)cc23)c2c(-c3ccc(Cl)cc3)noc2n1. The molecule has 0 atom stereocenters. The molecule has 2 aromatic carbocycles. The highest BCUT2D eigenvalue weighted by atomic mass is 35.5. The van der Waals surface area contributed by atoms with Gasteiger partial charge in [0.1, 0.15) is 16.9 Å².